The highest BCUT2D eigenvalue weighted by molar-refractivity contribution is 6.05. The van der Waals surface area contributed by atoms with Crippen molar-refractivity contribution in [1.82, 2.24) is 4.57 Å². The lowest BCUT2D eigenvalue weighted by Crippen LogP contribution is -2.21. The Hall–Kier alpha value is -2.77. The molecule has 0 atom stereocenters. The molecule has 1 aromatic heterocycles. The second-order valence-corrected chi connectivity index (χ2v) is 5.44. The van der Waals surface area contributed by atoms with Crippen LogP contribution in [0.15, 0.2) is 41.3 Å². The molecule has 0 aliphatic carbocycles. The van der Waals surface area contributed by atoms with E-state index in [2.05, 4.69) is 5.32 Å². The maximum absolute atomic E-state index is 12.9. The zero-order valence-corrected chi connectivity index (χ0v) is 13.3. The largest absolute Gasteiger partial charge is 0.416 e. The standard InChI is InChI=1S/C16H16F3N3O2/c1-21(2)13-5-4-11(16(17,18)19)9-12(13)20-15(24)10-6-7-22(3)14(23)8-10/h4-9H,1-3H3,(H,20,24). The first-order chi connectivity index (χ1) is 11.1. The van der Waals surface area contributed by atoms with Gasteiger partial charge in [0, 0.05) is 39.0 Å². The summed E-state index contributed by atoms with van der Waals surface area (Å²) in [5, 5.41) is 2.44. The SMILES string of the molecule is CN(C)c1ccc(C(F)(F)F)cc1NC(=O)c1ccn(C)c(=O)c1. The number of alkyl halides is 3. The average Bonchev–Trinajstić information content (AvgIpc) is 2.48. The fourth-order valence-electron chi connectivity index (χ4n) is 2.09. The molecule has 1 aromatic carbocycles. The number of anilines is 2. The van der Waals surface area contributed by atoms with Crippen molar-refractivity contribution in [3.8, 4) is 0 Å². The van der Waals surface area contributed by atoms with Crippen molar-refractivity contribution in [2.75, 3.05) is 24.3 Å². The van der Waals surface area contributed by atoms with Gasteiger partial charge < -0.3 is 14.8 Å². The van der Waals surface area contributed by atoms with Crippen molar-refractivity contribution in [2.24, 2.45) is 7.05 Å². The summed E-state index contributed by atoms with van der Waals surface area (Å²) in [5.41, 5.74) is -0.757. The molecule has 0 fully saturated rings. The second-order valence-electron chi connectivity index (χ2n) is 5.44. The monoisotopic (exact) mass is 339 g/mol. The molecule has 0 aliphatic heterocycles. The summed E-state index contributed by atoms with van der Waals surface area (Å²) in [6.07, 6.45) is -3.11. The predicted octanol–water partition coefficient (Wildman–Crippen LogP) is 2.72. The molecular formula is C16H16F3N3O2. The zero-order chi connectivity index (χ0) is 18.1. The van der Waals surface area contributed by atoms with Gasteiger partial charge in [0.05, 0.1) is 16.9 Å². The molecule has 0 radical (unpaired) electrons. The molecule has 0 saturated heterocycles. The first-order valence-corrected chi connectivity index (χ1v) is 6.96. The van der Waals surface area contributed by atoms with E-state index in [0.717, 1.165) is 18.2 Å². The van der Waals surface area contributed by atoms with E-state index in [1.54, 1.807) is 19.0 Å². The van der Waals surface area contributed by atoms with Crippen LogP contribution in [0.5, 0.6) is 0 Å². The summed E-state index contributed by atoms with van der Waals surface area (Å²) in [6.45, 7) is 0. The Morgan fingerprint density at radius 1 is 1.17 bits per heavy atom. The van der Waals surface area contributed by atoms with E-state index in [4.69, 9.17) is 0 Å². The van der Waals surface area contributed by atoms with Gasteiger partial charge in [0.25, 0.3) is 11.5 Å². The third kappa shape index (κ3) is 3.76. The van der Waals surface area contributed by atoms with E-state index in [1.165, 1.54) is 29.9 Å². The van der Waals surface area contributed by atoms with E-state index in [0.29, 0.717) is 5.69 Å². The van der Waals surface area contributed by atoms with Crippen LogP contribution >= 0.6 is 0 Å². The number of halogens is 3. The van der Waals surface area contributed by atoms with Crippen LogP contribution in [0.1, 0.15) is 15.9 Å². The lowest BCUT2D eigenvalue weighted by atomic mass is 10.1. The predicted molar refractivity (Wildman–Crippen MR) is 85.4 cm³/mol. The lowest BCUT2D eigenvalue weighted by Gasteiger charge is -2.19. The third-order valence-corrected chi connectivity index (χ3v) is 3.42. The highest BCUT2D eigenvalue weighted by atomic mass is 19.4. The minimum atomic E-state index is -4.52. The average molecular weight is 339 g/mol. The van der Waals surface area contributed by atoms with Crippen LogP contribution in [-0.4, -0.2) is 24.6 Å². The number of aromatic nitrogens is 1. The molecule has 0 bridgehead atoms. The Labute approximate surface area is 136 Å². The summed E-state index contributed by atoms with van der Waals surface area (Å²) < 4.78 is 39.9. The Bertz CT molecular complexity index is 826. The maximum Gasteiger partial charge on any atom is 0.416 e. The van der Waals surface area contributed by atoms with Crippen LogP contribution in [-0.2, 0) is 13.2 Å². The minimum Gasteiger partial charge on any atom is -0.376 e. The number of benzene rings is 1. The van der Waals surface area contributed by atoms with Gasteiger partial charge in [0.1, 0.15) is 0 Å². The van der Waals surface area contributed by atoms with Crippen molar-refractivity contribution >= 4 is 17.3 Å². The Kier molecular flexibility index (Phi) is 4.68. The van der Waals surface area contributed by atoms with Gasteiger partial charge in [-0.3, -0.25) is 9.59 Å². The van der Waals surface area contributed by atoms with Gasteiger partial charge in [-0.25, -0.2) is 0 Å². The van der Waals surface area contributed by atoms with Gasteiger partial charge in [0.2, 0.25) is 0 Å². The lowest BCUT2D eigenvalue weighted by molar-refractivity contribution is -0.137. The molecule has 1 amide bonds. The molecule has 2 rings (SSSR count). The maximum atomic E-state index is 12.9. The number of hydrogen-bond donors (Lipinski definition) is 1. The number of nitrogens with one attached hydrogen (secondary N) is 1. The fraction of sp³-hybridized carbons (Fsp3) is 0.250. The number of nitrogens with zero attached hydrogens (tertiary/aromatic N) is 2. The second kappa shape index (κ2) is 6.38. The Balaban J connectivity index is 2.41. The molecule has 1 heterocycles. The number of hydrogen-bond acceptors (Lipinski definition) is 3. The number of carbonyl (C=O) groups is 1. The molecule has 2 aromatic rings. The van der Waals surface area contributed by atoms with Crippen molar-refractivity contribution in [3.63, 3.8) is 0 Å². The number of pyridine rings is 1. The van der Waals surface area contributed by atoms with E-state index in [1.807, 2.05) is 0 Å². The molecule has 0 aliphatic rings. The first kappa shape index (κ1) is 17.6. The Morgan fingerprint density at radius 3 is 2.38 bits per heavy atom. The van der Waals surface area contributed by atoms with Crippen LogP contribution in [0.25, 0.3) is 0 Å². The smallest absolute Gasteiger partial charge is 0.376 e. The summed E-state index contributed by atoms with van der Waals surface area (Å²) >= 11 is 0. The molecular weight excluding hydrogens is 323 g/mol. The Morgan fingerprint density at radius 2 is 1.83 bits per heavy atom. The number of carbonyl (C=O) groups excluding carboxylic acids is 1. The van der Waals surface area contributed by atoms with Crippen molar-refractivity contribution in [2.45, 2.75) is 6.18 Å². The topological polar surface area (TPSA) is 54.3 Å². The first-order valence-electron chi connectivity index (χ1n) is 6.96. The van der Waals surface area contributed by atoms with E-state index >= 15 is 0 Å². The fourth-order valence-corrected chi connectivity index (χ4v) is 2.09. The van der Waals surface area contributed by atoms with Gasteiger partial charge in [-0.2, -0.15) is 13.2 Å². The normalized spacial score (nSPS) is 11.2. The molecule has 0 unspecified atom stereocenters. The molecule has 0 saturated carbocycles. The number of rotatable bonds is 3. The van der Waals surface area contributed by atoms with Gasteiger partial charge in [-0.05, 0) is 24.3 Å². The molecule has 5 nitrogen and oxygen atoms in total. The highest BCUT2D eigenvalue weighted by Gasteiger charge is 2.31. The summed E-state index contributed by atoms with van der Waals surface area (Å²) in [7, 11) is 4.83. The molecule has 8 heteroatoms. The van der Waals surface area contributed by atoms with Gasteiger partial charge >= 0.3 is 6.18 Å². The zero-order valence-electron chi connectivity index (χ0n) is 13.3. The molecule has 128 valence electrons. The quantitative estimate of drug-likeness (QED) is 0.935. The van der Waals surface area contributed by atoms with Crippen molar-refractivity contribution in [3.05, 3.63) is 58.0 Å². The highest BCUT2D eigenvalue weighted by Crippen LogP contribution is 2.35. The molecule has 0 spiro atoms. The van der Waals surface area contributed by atoms with E-state index in [9.17, 15) is 22.8 Å². The summed E-state index contributed by atoms with van der Waals surface area (Å²) in [6, 6.07) is 5.64. The van der Waals surface area contributed by atoms with Crippen molar-refractivity contribution in [1.29, 1.82) is 0 Å². The summed E-state index contributed by atoms with van der Waals surface area (Å²) in [4.78, 5) is 25.4. The van der Waals surface area contributed by atoms with Crippen LogP contribution < -0.4 is 15.8 Å². The third-order valence-electron chi connectivity index (χ3n) is 3.42. The number of amides is 1. The number of aryl methyl sites for hydroxylation is 1. The minimum absolute atomic E-state index is 0.0144. The van der Waals surface area contributed by atoms with Gasteiger partial charge in [0.15, 0.2) is 0 Å². The van der Waals surface area contributed by atoms with Crippen LogP contribution in [0.2, 0.25) is 0 Å². The van der Waals surface area contributed by atoms with Gasteiger partial charge in [-0.15, -0.1) is 0 Å². The molecule has 1 N–H and O–H groups in total. The van der Waals surface area contributed by atoms with Crippen molar-refractivity contribution < 1.29 is 18.0 Å². The van der Waals surface area contributed by atoms with E-state index in [-0.39, 0.29) is 16.8 Å². The van der Waals surface area contributed by atoms with E-state index < -0.39 is 17.6 Å². The van der Waals surface area contributed by atoms with Gasteiger partial charge in [-0.1, -0.05) is 0 Å². The summed E-state index contributed by atoms with van der Waals surface area (Å²) in [5.74, 6) is -0.657. The molecule has 24 heavy (non-hydrogen) atoms. The van der Waals surface area contributed by atoms with Crippen LogP contribution in [0, 0.1) is 0 Å². The van der Waals surface area contributed by atoms with Crippen LogP contribution in [0.3, 0.4) is 0 Å². The van der Waals surface area contributed by atoms with Crippen LogP contribution in [0.4, 0.5) is 24.5 Å².